The van der Waals surface area contributed by atoms with E-state index in [-0.39, 0.29) is 6.04 Å². The SMILES string of the molecule is CC1=CN=C2C=C(F)C(F)=CC2N1. The molecule has 1 aliphatic heterocycles. The second kappa shape index (κ2) is 2.80. The molecule has 0 fully saturated rings. The number of nitrogens with one attached hydrogen (secondary N) is 1. The molecule has 0 saturated heterocycles. The quantitative estimate of drug-likeness (QED) is 0.608. The van der Waals surface area contributed by atoms with Crippen molar-refractivity contribution in [2.75, 3.05) is 0 Å². The van der Waals surface area contributed by atoms with Gasteiger partial charge in [0.15, 0.2) is 11.7 Å². The van der Waals surface area contributed by atoms with Crippen molar-refractivity contribution in [3.63, 3.8) is 0 Å². The van der Waals surface area contributed by atoms with Crippen molar-refractivity contribution in [3.8, 4) is 0 Å². The van der Waals surface area contributed by atoms with Gasteiger partial charge in [-0.1, -0.05) is 0 Å². The number of fused-ring (bicyclic) bond motifs is 1. The standard InChI is InChI=1S/C9H8F2N2/c1-5-4-12-8-2-6(10)7(11)3-9(8)13-5/h2-4,9,13H,1H3. The molecule has 2 nitrogen and oxygen atoms in total. The molecule has 0 bridgehead atoms. The number of rotatable bonds is 0. The average Bonchev–Trinajstić information content (AvgIpc) is 2.08. The molecule has 0 saturated carbocycles. The van der Waals surface area contributed by atoms with Crippen molar-refractivity contribution < 1.29 is 8.78 Å². The summed E-state index contributed by atoms with van der Waals surface area (Å²) in [6.45, 7) is 1.82. The lowest BCUT2D eigenvalue weighted by molar-refractivity contribution is 0.534. The van der Waals surface area contributed by atoms with Crippen LogP contribution in [0.3, 0.4) is 0 Å². The molecule has 0 spiro atoms. The first-order valence-corrected chi connectivity index (χ1v) is 3.93. The molecule has 0 aromatic rings. The summed E-state index contributed by atoms with van der Waals surface area (Å²) in [5.74, 6) is -1.68. The van der Waals surface area contributed by atoms with E-state index in [0.29, 0.717) is 5.71 Å². The normalized spacial score (nSPS) is 26.2. The maximum Gasteiger partial charge on any atom is 0.160 e. The molecule has 2 rings (SSSR count). The Morgan fingerprint density at radius 1 is 1.38 bits per heavy atom. The summed E-state index contributed by atoms with van der Waals surface area (Å²) in [5.41, 5.74) is 1.35. The van der Waals surface area contributed by atoms with Crippen LogP contribution in [0.4, 0.5) is 8.78 Å². The molecule has 1 aliphatic carbocycles. The molecule has 1 N–H and O–H groups in total. The summed E-state index contributed by atoms with van der Waals surface area (Å²) in [5, 5.41) is 2.97. The highest BCUT2D eigenvalue weighted by molar-refractivity contribution is 6.03. The molecule has 0 radical (unpaired) electrons. The minimum atomic E-state index is -0.857. The Bertz CT molecular complexity index is 364. The molecule has 1 unspecified atom stereocenters. The van der Waals surface area contributed by atoms with Crippen LogP contribution in [-0.2, 0) is 0 Å². The number of allylic oxidation sites excluding steroid dienone is 3. The van der Waals surface area contributed by atoms with Gasteiger partial charge in [0.05, 0.1) is 11.8 Å². The fourth-order valence-corrected chi connectivity index (χ4v) is 1.29. The van der Waals surface area contributed by atoms with E-state index in [1.807, 2.05) is 6.92 Å². The molecule has 13 heavy (non-hydrogen) atoms. The van der Waals surface area contributed by atoms with Crippen molar-refractivity contribution in [2.24, 2.45) is 4.99 Å². The molecule has 68 valence electrons. The third-order valence-corrected chi connectivity index (χ3v) is 1.92. The number of hydrogen-bond donors (Lipinski definition) is 1. The molecular weight excluding hydrogens is 174 g/mol. The van der Waals surface area contributed by atoms with E-state index in [1.165, 1.54) is 6.08 Å². The summed E-state index contributed by atoms with van der Waals surface area (Å²) in [6.07, 6.45) is 3.88. The number of aliphatic imine (C=N–C) groups is 1. The van der Waals surface area contributed by atoms with E-state index in [1.54, 1.807) is 6.20 Å². The van der Waals surface area contributed by atoms with Crippen LogP contribution in [0.25, 0.3) is 0 Å². The lowest BCUT2D eigenvalue weighted by Gasteiger charge is -2.22. The van der Waals surface area contributed by atoms with E-state index in [9.17, 15) is 8.78 Å². The van der Waals surface area contributed by atoms with Gasteiger partial charge in [-0.15, -0.1) is 0 Å². The van der Waals surface area contributed by atoms with Crippen molar-refractivity contribution in [3.05, 3.63) is 35.7 Å². The Kier molecular flexibility index (Phi) is 1.76. The topological polar surface area (TPSA) is 24.4 Å². The highest BCUT2D eigenvalue weighted by atomic mass is 19.2. The molecule has 0 aromatic heterocycles. The molecule has 0 aromatic carbocycles. The van der Waals surface area contributed by atoms with Crippen LogP contribution < -0.4 is 5.32 Å². The first-order chi connectivity index (χ1) is 6.16. The van der Waals surface area contributed by atoms with Crippen molar-refractivity contribution in [2.45, 2.75) is 13.0 Å². The fourth-order valence-electron chi connectivity index (χ4n) is 1.29. The molecule has 4 heteroatoms. The van der Waals surface area contributed by atoms with Crippen LogP contribution in [0.15, 0.2) is 40.7 Å². The Hall–Kier alpha value is -1.45. The molecule has 1 heterocycles. The van der Waals surface area contributed by atoms with Crippen LogP contribution >= 0.6 is 0 Å². The van der Waals surface area contributed by atoms with Crippen LogP contribution in [0.5, 0.6) is 0 Å². The van der Waals surface area contributed by atoms with E-state index in [0.717, 1.165) is 11.8 Å². The molecule has 1 atom stereocenters. The van der Waals surface area contributed by atoms with Crippen LogP contribution in [0, 0.1) is 0 Å². The summed E-state index contributed by atoms with van der Waals surface area (Å²) < 4.78 is 25.5. The monoisotopic (exact) mass is 182 g/mol. The zero-order valence-electron chi connectivity index (χ0n) is 7.01. The Morgan fingerprint density at radius 2 is 2.15 bits per heavy atom. The number of hydrogen-bond acceptors (Lipinski definition) is 2. The number of halogens is 2. The van der Waals surface area contributed by atoms with Crippen molar-refractivity contribution >= 4 is 5.71 Å². The van der Waals surface area contributed by atoms with Gasteiger partial charge >= 0.3 is 0 Å². The Morgan fingerprint density at radius 3 is 2.92 bits per heavy atom. The minimum absolute atomic E-state index is 0.329. The first-order valence-electron chi connectivity index (χ1n) is 3.93. The Balaban J connectivity index is 2.38. The zero-order chi connectivity index (χ0) is 9.42. The third-order valence-electron chi connectivity index (χ3n) is 1.92. The fraction of sp³-hybridized carbons (Fsp3) is 0.222. The minimum Gasteiger partial charge on any atom is -0.376 e. The zero-order valence-corrected chi connectivity index (χ0v) is 7.01. The number of nitrogens with zero attached hydrogens (tertiary/aromatic N) is 1. The maximum absolute atomic E-state index is 12.8. The van der Waals surface area contributed by atoms with Crippen LogP contribution in [0.1, 0.15) is 6.92 Å². The van der Waals surface area contributed by atoms with Gasteiger partial charge in [-0.3, -0.25) is 4.99 Å². The van der Waals surface area contributed by atoms with Crippen LogP contribution in [0.2, 0.25) is 0 Å². The van der Waals surface area contributed by atoms with Gasteiger partial charge in [0, 0.05) is 18.0 Å². The second-order valence-electron chi connectivity index (χ2n) is 2.99. The Labute approximate surface area is 74.4 Å². The van der Waals surface area contributed by atoms with Crippen molar-refractivity contribution in [1.29, 1.82) is 0 Å². The maximum atomic E-state index is 12.8. The lowest BCUT2D eigenvalue weighted by atomic mass is 10.0. The second-order valence-corrected chi connectivity index (χ2v) is 2.99. The highest BCUT2D eigenvalue weighted by Crippen LogP contribution is 2.21. The summed E-state index contributed by atoms with van der Waals surface area (Å²) in [6, 6.07) is -0.329. The predicted octanol–water partition coefficient (Wildman–Crippen LogP) is 1.98. The van der Waals surface area contributed by atoms with Gasteiger partial charge in [-0.25, -0.2) is 8.78 Å². The van der Waals surface area contributed by atoms with Gasteiger partial charge in [0.1, 0.15) is 0 Å². The van der Waals surface area contributed by atoms with E-state index in [4.69, 9.17) is 0 Å². The van der Waals surface area contributed by atoms with Crippen molar-refractivity contribution in [1.82, 2.24) is 5.32 Å². The summed E-state index contributed by atoms with van der Waals surface area (Å²) >= 11 is 0. The molecule has 0 amide bonds. The van der Waals surface area contributed by atoms with E-state index < -0.39 is 11.7 Å². The molecule has 2 aliphatic rings. The largest absolute Gasteiger partial charge is 0.376 e. The first kappa shape index (κ1) is 8.16. The highest BCUT2D eigenvalue weighted by Gasteiger charge is 2.22. The molecular formula is C9H8F2N2. The van der Waals surface area contributed by atoms with Crippen LogP contribution in [-0.4, -0.2) is 11.8 Å². The smallest absolute Gasteiger partial charge is 0.160 e. The van der Waals surface area contributed by atoms with Gasteiger partial charge in [0.2, 0.25) is 0 Å². The summed E-state index contributed by atoms with van der Waals surface area (Å²) in [4.78, 5) is 3.98. The van der Waals surface area contributed by atoms with E-state index in [2.05, 4.69) is 10.3 Å². The average molecular weight is 182 g/mol. The van der Waals surface area contributed by atoms with E-state index >= 15 is 0 Å². The lowest BCUT2D eigenvalue weighted by Crippen LogP contribution is -2.36. The summed E-state index contributed by atoms with van der Waals surface area (Å²) in [7, 11) is 0. The van der Waals surface area contributed by atoms with Gasteiger partial charge in [0.25, 0.3) is 0 Å². The van der Waals surface area contributed by atoms with Gasteiger partial charge in [-0.05, 0) is 13.0 Å². The third kappa shape index (κ3) is 1.39. The van der Waals surface area contributed by atoms with Gasteiger partial charge < -0.3 is 5.32 Å². The van der Waals surface area contributed by atoms with Gasteiger partial charge in [-0.2, -0.15) is 0 Å². The predicted molar refractivity (Wildman–Crippen MR) is 46.5 cm³/mol.